The number of ketones is 1. The zero-order valence-electron chi connectivity index (χ0n) is 24.4. The number of ether oxygens (including phenoxy) is 2. The molecule has 1 aliphatic heterocycles. The number of carbonyl (C=O) groups is 4. The number of amides is 2. The molecule has 1 aliphatic rings. The van der Waals surface area contributed by atoms with Crippen molar-refractivity contribution in [2.24, 2.45) is 5.41 Å². The molecule has 2 heterocycles. The van der Waals surface area contributed by atoms with E-state index in [2.05, 4.69) is 10.2 Å². The van der Waals surface area contributed by atoms with E-state index in [1.54, 1.807) is 41.7 Å². The lowest BCUT2D eigenvalue weighted by Gasteiger charge is -2.35. The summed E-state index contributed by atoms with van der Waals surface area (Å²) in [6, 6.07) is 12.9. The van der Waals surface area contributed by atoms with Gasteiger partial charge < -0.3 is 29.2 Å². The summed E-state index contributed by atoms with van der Waals surface area (Å²) >= 11 is 0. The number of methoxy groups -OCH3 is 1. The zero-order chi connectivity index (χ0) is 29.7. The van der Waals surface area contributed by atoms with Gasteiger partial charge in [-0.1, -0.05) is 20.8 Å². The number of hydrogen-bond donors (Lipinski definition) is 1. The first kappa shape index (κ1) is 29.6. The van der Waals surface area contributed by atoms with E-state index in [0.717, 1.165) is 11.4 Å². The first-order chi connectivity index (χ1) is 19.5. The Kier molecular flexibility index (Phi) is 9.00. The fraction of sp³-hybridized carbons (Fsp3) is 0.419. The Bertz CT molecular complexity index is 1430. The highest BCUT2D eigenvalue weighted by molar-refractivity contribution is 6.45. The van der Waals surface area contributed by atoms with Crippen LogP contribution in [0.4, 0.5) is 11.4 Å². The molecule has 0 radical (unpaired) electrons. The Morgan fingerprint density at radius 3 is 2.24 bits per heavy atom. The van der Waals surface area contributed by atoms with Crippen molar-refractivity contribution in [2.45, 2.75) is 40.7 Å². The molecule has 41 heavy (non-hydrogen) atoms. The summed E-state index contributed by atoms with van der Waals surface area (Å²) in [6.07, 6.45) is 1.85. The van der Waals surface area contributed by atoms with E-state index in [1.165, 1.54) is 6.20 Å². The smallest absolute Gasteiger partial charge is 0.325 e. The first-order valence-electron chi connectivity index (χ1n) is 13.8. The maximum atomic E-state index is 13.6. The molecule has 1 aromatic heterocycles. The molecule has 0 unspecified atom stereocenters. The number of esters is 1. The third kappa shape index (κ3) is 7.25. The number of rotatable bonds is 9. The molecule has 0 saturated carbocycles. The minimum atomic E-state index is -0.659. The minimum Gasteiger partial charge on any atom is -0.497 e. The Hall–Kier alpha value is -4.34. The van der Waals surface area contributed by atoms with E-state index >= 15 is 0 Å². The van der Waals surface area contributed by atoms with Crippen LogP contribution in [0.15, 0.2) is 48.7 Å². The van der Waals surface area contributed by atoms with E-state index < -0.39 is 17.7 Å². The molecule has 0 bridgehead atoms. The highest BCUT2D eigenvalue weighted by Crippen LogP contribution is 2.28. The van der Waals surface area contributed by atoms with Gasteiger partial charge in [0.15, 0.2) is 0 Å². The number of nitrogens with one attached hydrogen (secondary N) is 1. The molecule has 2 aromatic carbocycles. The highest BCUT2D eigenvalue weighted by Gasteiger charge is 2.30. The van der Waals surface area contributed by atoms with Crippen molar-refractivity contribution < 1.29 is 28.7 Å². The topological polar surface area (TPSA) is 110 Å². The van der Waals surface area contributed by atoms with Gasteiger partial charge in [0.05, 0.1) is 19.3 Å². The van der Waals surface area contributed by atoms with Gasteiger partial charge in [-0.15, -0.1) is 0 Å². The summed E-state index contributed by atoms with van der Waals surface area (Å²) < 4.78 is 11.9. The van der Waals surface area contributed by atoms with Gasteiger partial charge in [-0.3, -0.25) is 19.2 Å². The number of aromatic nitrogens is 1. The van der Waals surface area contributed by atoms with Crippen LogP contribution in [0.3, 0.4) is 0 Å². The highest BCUT2D eigenvalue weighted by atomic mass is 16.5. The van der Waals surface area contributed by atoms with Crippen molar-refractivity contribution >= 4 is 45.8 Å². The number of nitrogens with zero attached hydrogens (tertiary/aromatic N) is 3. The van der Waals surface area contributed by atoms with E-state index in [1.807, 2.05) is 45.0 Å². The predicted molar refractivity (Wildman–Crippen MR) is 157 cm³/mol. The predicted octanol–water partition coefficient (Wildman–Crippen LogP) is 4.12. The van der Waals surface area contributed by atoms with Gasteiger partial charge in [-0.2, -0.15) is 0 Å². The summed E-state index contributed by atoms with van der Waals surface area (Å²) in [5, 5.41) is 3.37. The Morgan fingerprint density at radius 2 is 1.63 bits per heavy atom. The van der Waals surface area contributed by atoms with Crippen LogP contribution in [0, 0.1) is 5.41 Å². The Morgan fingerprint density at radius 1 is 0.951 bits per heavy atom. The van der Waals surface area contributed by atoms with Crippen LogP contribution in [0.5, 0.6) is 5.75 Å². The molecule has 1 N–H and O–H groups in total. The van der Waals surface area contributed by atoms with Crippen molar-refractivity contribution in [1.29, 1.82) is 0 Å². The SMILES string of the molecule is CCOC(=O)Cn1cc(C(=O)C(=O)N2CCN(c3ccc(OC)cc3)CC2)c2cc(NC(=O)CC(C)(C)C)ccc21. The normalized spacial score (nSPS) is 13.7. The molecule has 0 atom stereocenters. The van der Waals surface area contributed by atoms with Crippen molar-refractivity contribution in [3.8, 4) is 5.75 Å². The lowest BCUT2D eigenvalue weighted by molar-refractivity contribution is -0.143. The summed E-state index contributed by atoms with van der Waals surface area (Å²) in [5.74, 6) is -1.09. The summed E-state index contributed by atoms with van der Waals surface area (Å²) in [7, 11) is 1.62. The molecule has 10 heteroatoms. The molecule has 10 nitrogen and oxygen atoms in total. The van der Waals surface area contributed by atoms with Gasteiger partial charge in [-0.05, 0) is 54.8 Å². The minimum absolute atomic E-state index is 0.109. The third-order valence-corrected chi connectivity index (χ3v) is 6.90. The molecule has 2 amide bonds. The number of piperazine rings is 1. The molecular formula is C31H38N4O6. The van der Waals surface area contributed by atoms with E-state index in [-0.39, 0.29) is 30.0 Å². The molecule has 1 fully saturated rings. The van der Waals surface area contributed by atoms with Gasteiger partial charge in [-0.25, -0.2) is 0 Å². The van der Waals surface area contributed by atoms with E-state index in [0.29, 0.717) is 49.2 Å². The first-order valence-corrected chi connectivity index (χ1v) is 13.8. The maximum Gasteiger partial charge on any atom is 0.325 e. The fourth-order valence-electron chi connectivity index (χ4n) is 4.94. The van der Waals surface area contributed by atoms with Crippen LogP contribution in [0.1, 0.15) is 44.5 Å². The number of Topliss-reactive ketones (excluding diaryl/α,β-unsaturated/α-hetero) is 1. The largest absolute Gasteiger partial charge is 0.497 e. The summed E-state index contributed by atoms with van der Waals surface area (Å²) in [6.45, 7) is 9.73. The van der Waals surface area contributed by atoms with Gasteiger partial charge in [0, 0.05) is 61.1 Å². The Labute approximate surface area is 240 Å². The van der Waals surface area contributed by atoms with Crippen molar-refractivity contribution in [3.05, 3.63) is 54.2 Å². The number of fused-ring (bicyclic) bond motifs is 1. The van der Waals surface area contributed by atoms with Crippen LogP contribution in [-0.4, -0.2) is 72.9 Å². The quantitative estimate of drug-likeness (QED) is 0.237. The molecule has 4 rings (SSSR count). The molecule has 0 spiro atoms. The molecule has 0 aliphatic carbocycles. The molecular weight excluding hydrogens is 524 g/mol. The Balaban J connectivity index is 1.55. The van der Waals surface area contributed by atoms with Crippen LogP contribution in [0.25, 0.3) is 10.9 Å². The third-order valence-electron chi connectivity index (χ3n) is 6.90. The standard InChI is InChI=1S/C31H38N4O6/c1-6-41-28(37)20-35-19-25(24-17-21(7-12-26(24)35)32-27(36)18-31(2,3)4)29(38)30(39)34-15-13-33(14-16-34)22-8-10-23(40-5)11-9-22/h7-12,17,19H,6,13-16,18,20H2,1-5H3,(H,32,36). The van der Waals surface area contributed by atoms with Crippen LogP contribution < -0.4 is 15.0 Å². The monoisotopic (exact) mass is 562 g/mol. The van der Waals surface area contributed by atoms with Gasteiger partial charge in [0.25, 0.3) is 11.7 Å². The zero-order valence-corrected chi connectivity index (χ0v) is 24.4. The summed E-state index contributed by atoms with van der Waals surface area (Å²) in [5.41, 5.74) is 2.11. The number of hydrogen-bond acceptors (Lipinski definition) is 7. The second-order valence-electron chi connectivity index (χ2n) is 11.3. The summed E-state index contributed by atoms with van der Waals surface area (Å²) in [4.78, 5) is 55.5. The van der Waals surface area contributed by atoms with Gasteiger partial charge >= 0.3 is 5.97 Å². The lowest BCUT2D eigenvalue weighted by Crippen LogP contribution is -2.50. The van der Waals surface area contributed by atoms with E-state index in [4.69, 9.17) is 9.47 Å². The van der Waals surface area contributed by atoms with Crippen molar-refractivity contribution in [1.82, 2.24) is 9.47 Å². The second kappa shape index (κ2) is 12.4. The molecule has 1 saturated heterocycles. The molecule has 3 aromatic rings. The lowest BCUT2D eigenvalue weighted by atomic mass is 9.92. The fourth-order valence-corrected chi connectivity index (χ4v) is 4.94. The van der Waals surface area contributed by atoms with Crippen LogP contribution >= 0.6 is 0 Å². The number of carbonyl (C=O) groups excluding carboxylic acids is 4. The average Bonchev–Trinajstić information content (AvgIpc) is 3.28. The van der Waals surface area contributed by atoms with E-state index in [9.17, 15) is 19.2 Å². The van der Waals surface area contributed by atoms with Crippen molar-refractivity contribution in [3.63, 3.8) is 0 Å². The maximum absolute atomic E-state index is 13.6. The second-order valence-corrected chi connectivity index (χ2v) is 11.3. The van der Waals surface area contributed by atoms with Gasteiger partial charge in [0.2, 0.25) is 5.91 Å². The van der Waals surface area contributed by atoms with Crippen molar-refractivity contribution in [2.75, 3.05) is 50.1 Å². The number of anilines is 2. The van der Waals surface area contributed by atoms with Gasteiger partial charge in [0.1, 0.15) is 12.3 Å². The average molecular weight is 563 g/mol. The van der Waals surface area contributed by atoms with Crippen LogP contribution in [0.2, 0.25) is 0 Å². The van der Waals surface area contributed by atoms with Crippen LogP contribution in [-0.2, 0) is 25.7 Å². The molecule has 218 valence electrons. The number of benzene rings is 2.